The van der Waals surface area contributed by atoms with Crippen LogP contribution in [0.2, 0.25) is 0 Å². The van der Waals surface area contributed by atoms with E-state index in [1.807, 2.05) is 0 Å². The second-order valence-electron chi connectivity index (χ2n) is 4.17. The van der Waals surface area contributed by atoms with Gasteiger partial charge in [-0.1, -0.05) is 36.2 Å². The summed E-state index contributed by atoms with van der Waals surface area (Å²) in [6.07, 6.45) is 2.45. The van der Waals surface area contributed by atoms with Crippen molar-refractivity contribution in [2.45, 2.75) is 39.7 Å². The molecule has 0 aromatic heterocycles. The van der Waals surface area contributed by atoms with Crippen molar-refractivity contribution in [1.82, 2.24) is 4.90 Å². The topological polar surface area (TPSA) is 12.5 Å². The fourth-order valence-corrected chi connectivity index (χ4v) is 2.24. The first-order valence-electron chi connectivity index (χ1n) is 5.98. The normalized spacial score (nSPS) is 15.6. The van der Waals surface area contributed by atoms with Gasteiger partial charge in [0.15, 0.2) is 0 Å². The van der Waals surface area contributed by atoms with Crippen molar-refractivity contribution >= 4 is 15.9 Å². The van der Waals surface area contributed by atoms with Gasteiger partial charge in [0.1, 0.15) is 0 Å². The lowest BCUT2D eigenvalue weighted by molar-refractivity contribution is 0.112. The first kappa shape index (κ1) is 15.4. The van der Waals surface area contributed by atoms with Crippen LogP contribution in [0.5, 0.6) is 0 Å². The lowest BCUT2D eigenvalue weighted by atomic mass is 10.1. The average Bonchev–Trinajstić information content (AvgIpc) is 2.28. The van der Waals surface area contributed by atoms with Gasteiger partial charge in [-0.05, 0) is 19.3 Å². The Kier molecular flexibility index (Phi) is 9.87. The first-order valence-corrected chi connectivity index (χ1v) is 7.10. The zero-order chi connectivity index (χ0) is 11.7. The molecular formula is C12H26BrNO. The Balaban J connectivity index is 4.09. The van der Waals surface area contributed by atoms with E-state index >= 15 is 0 Å². The molecule has 0 saturated heterocycles. The second-order valence-corrected chi connectivity index (χ2v) is 4.82. The quantitative estimate of drug-likeness (QED) is 0.602. The lowest BCUT2D eigenvalue weighted by Crippen LogP contribution is -2.39. The minimum atomic E-state index is 0.660. The van der Waals surface area contributed by atoms with Crippen LogP contribution in [-0.2, 0) is 4.74 Å². The van der Waals surface area contributed by atoms with Gasteiger partial charge >= 0.3 is 0 Å². The van der Waals surface area contributed by atoms with Gasteiger partial charge in [0.2, 0.25) is 0 Å². The molecule has 0 fully saturated rings. The van der Waals surface area contributed by atoms with E-state index in [2.05, 4.69) is 41.6 Å². The smallest absolute Gasteiger partial charge is 0.0589 e. The van der Waals surface area contributed by atoms with Gasteiger partial charge in [-0.3, -0.25) is 4.90 Å². The molecule has 0 heterocycles. The molecule has 0 aliphatic heterocycles. The minimum absolute atomic E-state index is 0.660. The molecule has 0 aromatic rings. The van der Waals surface area contributed by atoms with Gasteiger partial charge in [0.25, 0.3) is 0 Å². The van der Waals surface area contributed by atoms with Crippen molar-refractivity contribution in [2.75, 3.05) is 32.1 Å². The van der Waals surface area contributed by atoms with Gasteiger partial charge in [-0.2, -0.15) is 0 Å². The number of halogens is 1. The lowest BCUT2D eigenvalue weighted by Gasteiger charge is -2.31. The molecule has 0 bridgehead atoms. The molecule has 2 nitrogen and oxygen atoms in total. The van der Waals surface area contributed by atoms with Crippen LogP contribution in [0.3, 0.4) is 0 Å². The Morgan fingerprint density at radius 3 is 2.33 bits per heavy atom. The van der Waals surface area contributed by atoms with E-state index in [9.17, 15) is 0 Å². The molecule has 0 spiro atoms. The summed E-state index contributed by atoms with van der Waals surface area (Å²) < 4.78 is 5.16. The monoisotopic (exact) mass is 279 g/mol. The molecule has 15 heavy (non-hydrogen) atoms. The van der Waals surface area contributed by atoms with E-state index in [1.165, 1.54) is 19.4 Å². The summed E-state index contributed by atoms with van der Waals surface area (Å²) in [6.45, 7) is 9.88. The zero-order valence-corrected chi connectivity index (χ0v) is 12.2. The maximum Gasteiger partial charge on any atom is 0.0589 e. The summed E-state index contributed by atoms with van der Waals surface area (Å²) in [7, 11) is 1.77. The largest absolute Gasteiger partial charge is 0.383 e. The van der Waals surface area contributed by atoms with Gasteiger partial charge in [-0.25, -0.2) is 0 Å². The highest BCUT2D eigenvalue weighted by Crippen LogP contribution is 2.12. The van der Waals surface area contributed by atoms with Gasteiger partial charge in [-0.15, -0.1) is 0 Å². The van der Waals surface area contributed by atoms with E-state index in [0.29, 0.717) is 6.04 Å². The number of rotatable bonds is 9. The van der Waals surface area contributed by atoms with Crippen LogP contribution in [-0.4, -0.2) is 43.1 Å². The predicted molar refractivity (Wildman–Crippen MR) is 70.8 cm³/mol. The second kappa shape index (κ2) is 9.61. The number of nitrogens with zero attached hydrogens (tertiary/aromatic N) is 1. The van der Waals surface area contributed by atoms with E-state index in [0.717, 1.165) is 24.4 Å². The SMILES string of the molecule is CCC(CBr)CN(CCOC)C(C)CC. The summed E-state index contributed by atoms with van der Waals surface area (Å²) in [5.74, 6) is 0.760. The molecule has 92 valence electrons. The van der Waals surface area contributed by atoms with Crippen LogP contribution < -0.4 is 0 Å². The Hall–Kier alpha value is 0.400. The highest BCUT2D eigenvalue weighted by molar-refractivity contribution is 9.09. The fraction of sp³-hybridized carbons (Fsp3) is 1.00. The molecule has 0 aromatic carbocycles. The molecule has 2 unspecified atom stereocenters. The van der Waals surface area contributed by atoms with Crippen LogP contribution in [0.4, 0.5) is 0 Å². The van der Waals surface area contributed by atoms with Crippen LogP contribution >= 0.6 is 15.9 Å². The van der Waals surface area contributed by atoms with E-state index in [-0.39, 0.29) is 0 Å². The number of alkyl halides is 1. The molecule has 0 radical (unpaired) electrons. The molecule has 3 heteroatoms. The molecule has 0 saturated carbocycles. The summed E-state index contributed by atoms with van der Waals surface area (Å²) in [5, 5.41) is 1.10. The van der Waals surface area contributed by atoms with E-state index in [1.54, 1.807) is 7.11 Å². The maximum absolute atomic E-state index is 5.16. The van der Waals surface area contributed by atoms with Gasteiger partial charge in [0.05, 0.1) is 6.61 Å². The summed E-state index contributed by atoms with van der Waals surface area (Å²) in [5.41, 5.74) is 0. The van der Waals surface area contributed by atoms with Crippen molar-refractivity contribution in [1.29, 1.82) is 0 Å². The minimum Gasteiger partial charge on any atom is -0.383 e. The third-order valence-corrected chi connectivity index (χ3v) is 4.00. The Morgan fingerprint density at radius 1 is 1.27 bits per heavy atom. The molecule has 2 atom stereocenters. The van der Waals surface area contributed by atoms with Crippen molar-refractivity contribution in [3.8, 4) is 0 Å². The predicted octanol–water partition coefficient (Wildman–Crippen LogP) is 3.15. The molecule has 0 rings (SSSR count). The highest BCUT2D eigenvalue weighted by Gasteiger charge is 2.15. The summed E-state index contributed by atoms with van der Waals surface area (Å²) in [6, 6.07) is 0.660. The van der Waals surface area contributed by atoms with Crippen LogP contribution in [0.15, 0.2) is 0 Å². The zero-order valence-electron chi connectivity index (χ0n) is 10.6. The third kappa shape index (κ3) is 6.54. The maximum atomic E-state index is 5.16. The fourth-order valence-electron chi connectivity index (χ4n) is 1.58. The van der Waals surface area contributed by atoms with E-state index < -0.39 is 0 Å². The standard InChI is InChI=1S/C12H26BrNO/c1-5-11(3)14(7-8-15-4)10-12(6-2)9-13/h11-12H,5-10H2,1-4H3. The summed E-state index contributed by atoms with van der Waals surface area (Å²) >= 11 is 3.59. The van der Waals surface area contributed by atoms with Crippen molar-refractivity contribution < 1.29 is 4.74 Å². The van der Waals surface area contributed by atoms with Crippen molar-refractivity contribution in [2.24, 2.45) is 5.92 Å². The molecule has 0 amide bonds. The molecular weight excluding hydrogens is 254 g/mol. The highest BCUT2D eigenvalue weighted by atomic mass is 79.9. The van der Waals surface area contributed by atoms with E-state index in [4.69, 9.17) is 4.74 Å². The van der Waals surface area contributed by atoms with Crippen LogP contribution in [0.25, 0.3) is 0 Å². The van der Waals surface area contributed by atoms with Gasteiger partial charge < -0.3 is 4.74 Å². The van der Waals surface area contributed by atoms with Crippen LogP contribution in [0.1, 0.15) is 33.6 Å². The van der Waals surface area contributed by atoms with Gasteiger partial charge in [0, 0.05) is 31.6 Å². The van der Waals surface area contributed by atoms with Crippen LogP contribution in [0, 0.1) is 5.92 Å². The Morgan fingerprint density at radius 2 is 1.93 bits per heavy atom. The van der Waals surface area contributed by atoms with Crippen molar-refractivity contribution in [3.05, 3.63) is 0 Å². The first-order chi connectivity index (χ1) is 7.19. The Labute approximate surface area is 103 Å². The number of ether oxygens (including phenoxy) is 1. The molecule has 0 aliphatic rings. The average molecular weight is 280 g/mol. The number of methoxy groups -OCH3 is 1. The number of hydrogen-bond acceptors (Lipinski definition) is 2. The molecule has 0 N–H and O–H groups in total. The molecule has 0 aliphatic carbocycles. The van der Waals surface area contributed by atoms with Crippen molar-refractivity contribution in [3.63, 3.8) is 0 Å². The Bertz CT molecular complexity index is 140. The summed E-state index contributed by atoms with van der Waals surface area (Å²) in [4.78, 5) is 2.54. The number of hydrogen-bond donors (Lipinski definition) is 0. The third-order valence-electron chi connectivity index (χ3n) is 3.09.